The van der Waals surface area contributed by atoms with Crippen LogP contribution in [0, 0.1) is 19.7 Å². The highest BCUT2D eigenvalue weighted by Gasteiger charge is 2.09. The lowest BCUT2D eigenvalue weighted by molar-refractivity contribution is -0.119. The van der Waals surface area contributed by atoms with E-state index in [4.69, 9.17) is 0 Å². The summed E-state index contributed by atoms with van der Waals surface area (Å²) in [5.41, 5.74) is 7.25. The third-order valence-electron chi connectivity index (χ3n) is 4.25. The molecule has 0 radical (unpaired) electrons. The first-order valence-electron chi connectivity index (χ1n) is 8.70. The van der Waals surface area contributed by atoms with Crippen molar-refractivity contribution in [2.24, 2.45) is 5.10 Å². The molecule has 1 amide bonds. The lowest BCUT2D eigenvalue weighted by Crippen LogP contribution is -2.25. The SMILES string of the molecule is Cc1cc(/C=N\NC(=O)CNc2ccc(F)cc2)c(C)n1-c1ccc(Br)cc1. The summed E-state index contributed by atoms with van der Waals surface area (Å²) in [4.78, 5) is 11.9. The fourth-order valence-electron chi connectivity index (χ4n) is 2.87. The quantitative estimate of drug-likeness (QED) is 0.434. The van der Waals surface area contributed by atoms with E-state index < -0.39 is 0 Å². The average molecular weight is 443 g/mol. The van der Waals surface area contributed by atoms with E-state index in [2.05, 4.69) is 36.3 Å². The molecule has 3 aromatic rings. The minimum Gasteiger partial charge on any atom is -0.376 e. The highest BCUT2D eigenvalue weighted by Crippen LogP contribution is 2.21. The van der Waals surface area contributed by atoms with E-state index in [9.17, 15) is 9.18 Å². The van der Waals surface area contributed by atoms with Crippen LogP contribution in [0.15, 0.2) is 64.2 Å². The van der Waals surface area contributed by atoms with Crippen LogP contribution in [0.2, 0.25) is 0 Å². The average Bonchev–Trinajstić information content (AvgIpc) is 2.96. The Labute approximate surface area is 171 Å². The number of hydrogen-bond donors (Lipinski definition) is 2. The van der Waals surface area contributed by atoms with Gasteiger partial charge in [-0.3, -0.25) is 4.79 Å². The molecule has 0 unspecified atom stereocenters. The van der Waals surface area contributed by atoms with E-state index in [-0.39, 0.29) is 18.3 Å². The van der Waals surface area contributed by atoms with Gasteiger partial charge in [-0.15, -0.1) is 0 Å². The van der Waals surface area contributed by atoms with Crippen molar-refractivity contribution in [2.75, 3.05) is 11.9 Å². The molecule has 0 aliphatic carbocycles. The number of amides is 1. The van der Waals surface area contributed by atoms with E-state index in [0.717, 1.165) is 27.1 Å². The van der Waals surface area contributed by atoms with Gasteiger partial charge in [-0.05, 0) is 68.4 Å². The van der Waals surface area contributed by atoms with Crippen molar-refractivity contribution in [1.82, 2.24) is 9.99 Å². The second-order valence-corrected chi connectivity index (χ2v) is 7.21. The largest absolute Gasteiger partial charge is 0.376 e. The first kappa shape index (κ1) is 19.8. The molecule has 0 atom stereocenters. The highest BCUT2D eigenvalue weighted by molar-refractivity contribution is 9.10. The Kier molecular flexibility index (Phi) is 6.26. The monoisotopic (exact) mass is 442 g/mol. The predicted molar refractivity (Wildman–Crippen MR) is 114 cm³/mol. The molecule has 1 aromatic heterocycles. The smallest absolute Gasteiger partial charge is 0.259 e. The highest BCUT2D eigenvalue weighted by atomic mass is 79.9. The zero-order chi connectivity index (χ0) is 20.1. The van der Waals surface area contributed by atoms with E-state index in [1.165, 1.54) is 12.1 Å². The van der Waals surface area contributed by atoms with E-state index >= 15 is 0 Å². The van der Waals surface area contributed by atoms with Gasteiger partial charge < -0.3 is 9.88 Å². The zero-order valence-corrected chi connectivity index (χ0v) is 17.1. The summed E-state index contributed by atoms with van der Waals surface area (Å²) >= 11 is 3.45. The van der Waals surface area contributed by atoms with E-state index in [0.29, 0.717) is 5.69 Å². The summed E-state index contributed by atoms with van der Waals surface area (Å²) in [6.45, 7) is 4.08. The van der Waals surface area contributed by atoms with Gasteiger partial charge in [0.05, 0.1) is 12.8 Å². The van der Waals surface area contributed by atoms with Crippen LogP contribution in [-0.2, 0) is 4.79 Å². The molecule has 5 nitrogen and oxygen atoms in total. The molecule has 0 spiro atoms. The number of hydrazone groups is 1. The minimum absolute atomic E-state index is 0.0425. The Bertz CT molecular complexity index is 994. The van der Waals surface area contributed by atoms with E-state index in [1.807, 2.05) is 44.2 Å². The summed E-state index contributed by atoms with van der Waals surface area (Å²) < 4.78 is 16.0. The number of aromatic nitrogens is 1. The van der Waals surface area contributed by atoms with Crippen molar-refractivity contribution in [3.63, 3.8) is 0 Å². The van der Waals surface area contributed by atoms with Crippen molar-refractivity contribution < 1.29 is 9.18 Å². The molecule has 1 heterocycles. The van der Waals surface area contributed by atoms with Gasteiger partial charge in [-0.2, -0.15) is 5.10 Å². The predicted octanol–water partition coefficient (Wildman–Crippen LogP) is 4.56. The van der Waals surface area contributed by atoms with Crippen LogP contribution in [-0.4, -0.2) is 23.2 Å². The number of rotatable bonds is 6. The molecule has 0 fully saturated rings. The molecule has 0 saturated carbocycles. The van der Waals surface area contributed by atoms with Gasteiger partial charge in [0.25, 0.3) is 5.91 Å². The molecule has 0 bridgehead atoms. The van der Waals surface area contributed by atoms with Crippen LogP contribution in [0.3, 0.4) is 0 Å². The van der Waals surface area contributed by atoms with Gasteiger partial charge in [-0.25, -0.2) is 9.82 Å². The van der Waals surface area contributed by atoms with Gasteiger partial charge >= 0.3 is 0 Å². The number of halogens is 2. The zero-order valence-electron chi connectivity index (χ0n) is 15.5. The van der Waals surface area contributed by atoms with Gasteiger partial charge in [0, 0.05) is 32.8 Å². The molecular weight excluding hydrogens is 423 g/mol. The molecule has 144 valence electrons. The maximum absolute atomic E-state index is 12.9. The number of benzene rings is 2. The Morgan fingerprint density at radius 3 is 2.50 bits per heavy atom. The molecule has 28 heavy (non-hydrogen) atoms. The van der Waals surface area contributed by atoms with Crippen LogP contribution in [0.4, 0.5) is 10.1 Å². The number of anilines is 1. The second kappa shape index (κ2) is 8.84. The number of nitrogens with zero attached hydrogens (tertiary/aromatic N) is 2. The fourth-order valence-corrected chi connectivity index (χ4v) is 3.13. The third-order valence-corrected chi connectivity index (χ3v) is 4.77. The molecule has 2 aromatic carbocycles. The topological polar surface area (TPSA) is 58.4 Å². The number of hydrogen-bond acceptors (Lipinski definition) is 3. The van der Waals surface area contributed by atoms with Gasteiger partial charge in [-0.1, -0.05) is 15.9 Å². The van der Waals surface area contributed by atoms with Crippen LogP contribution in [0.5, 0.6) is 0 Å². The maximum atomic E-state index is 12.9. The summed E-state index contributed by atoms with van der Waals surface area (Å²) in [5, 5.41) is 6.96. The van der Waals surface area contributed by atoms with Crippen LogP contribution >= 0.6 is 15.9 Å². The normalized spacial score (nSPS) is 11.0. The van der Waals surface area contributed by atoms with Crippen molar-refractivity contribution in [2.45, 2.75) is 13.8 Å². The summed E-state index contributed by atoms with van der Waals surface area (Å²) in [6.07, 6.45) is 1.63. The summed E-state index contributed by atoms with van der Waals surface area (Å²) in [5.74, 6) is -0.609. The van der Waals surface area contributed by atoms with Crippen LogP contribution in [0.25, 0.3) is 5.69 Å². The molecule has 0 aliphatic heterocycles. The van der Waals surface area contributed by atoms with Gasteiger partial charge in [0.1, 0.15) is 5.82 Å². The molecule has 7 heteroatoms. The minimum atomic E-state index is -0.319. The summed E-state index contributed by atoms with van der Waals surface area (Å²) in [6, 6.07) is 15.9. The number of carbonyl (C=O) groups excluding carboxylic acids is 1. The van der Waals surface area contributed by atoms with Crippen molar-refractivity contribution in [3.05, 3.63) is 81.8 Å². The Morgan fingerprint density at radius 1 is 1.14 bits per heavy atom. The number of carbonyl (C=O) groups is 1. The Hall–Kier alpha value is -2.93. The number of nitrogens with one attached hydrogen (secondary N) is 2. The third kappa shape index (κ3) is 4.86. The lowest BCUT2D eigenvalue weighted by Gasteiger charge is -2.09. The second-order valence-electron chi connectivity index (χ2n) is 6.29. The summed E-state index contributed by atoms with van der Waals surface area (Å²) in [7, 11) is 0. The lowest BCUT2D eigenvalue weighted by atomic mass is 10.2. The van der Waals surface area contributed by atoms with Crippen molar-refractivity contribution in [1.29, 1.82) is 0 Å². The Morgan fingerprint density at radius 2 is 1.82 bits per heavy atom. The standard InChI is InChI=1S/C21H20BrFN4O/c1-14-11-16(15(2)27(14)20-9-3-17(22)4-10-20)12-25-26-21(28)13-24-19-7-5-18(23)6-8-19/h3-12,24H,13H2,1-2H3,(H,26,28)/b25-12-. The van der Waals surface area contributed by atoms with Gasteiger partial charge in [0.15, 0.2) is 0 Å². The fraction of sp³-hybridized carbons (Fsp3) is 0.143. The molecule has 2 N–H and O–H groups in total. The van der Waals surface area contributed by atoms with Crippen molar-refractivity contribution in [3.8, 4) is 5.69 Å². The molecule has 0 aliphatic rings. The number of aryl methyl sites for hydroxylation is 1. The van der Waals surface area contributed by atoms with Crippen LogP contribution < -0.4 is 10.7 Å². The molecule has 0 saturated heterocycles. The van der Waals surface area contributed by atoms with Crippen LogP contribution in [0.1, 0.15) is 17.0 Å². The molecular formula is C21H20BrFN4O. The van der Waals surface area contributed by atoms with Crippen molar-refractivity contribution >= 4 is 33.7 Å². The molecule has 3 rings (SSSR count). The Balaban J connectivity index is 1.61. The maximum Gasteiger partial charge on any atom is 0.259 e. The van der Waals surface area contributed by atoms with E-state index in [1.54, 1.807) is 18.3 Å². The first-order valence-corrected chi connectivity index (χ1v) is 9.49. The van der Waals surface area contributed by atoms with Gasteiger partial charge in [0.2, 0.25) is 0 Å². The first-order chi connectivity index (χ1) is 13.4.